The third kappa shape index (κ3) is 4.52. The highest BCUT2D eigenvalue weighted by atomic mass is 16.2. The zero-order valence-electron chi connectivity index (χ0n) is 16.4. The molecule has 1 aromatic heterocycles. The van der Waals surface area contributed by atoms with Crippen molar-refractivity contribution in [2.45, 2.75) is 13.1 Å². The van der Waals surface area contributed by atoms with Crippen LogP contribution < -0.4 is 10.5 Å². The summed E-state index contributed by atoms with van der Waals surface area (Å²) in [5, 5.41) is 4.37. The second-order valence-corrected chi connectivity index (χ2v) is 6.91. The lowest BCUT2D eigenvalue weighted by molar-refractivity contribution is 0.0978. The number of para-hydroxylation sites is 1. The molecule has 4 rings (SSSR count). The van der Waals surface area contributed by atoms with E-state index in [0.717, 1.165) is 16.8 Å². The van der Waals surface area contributed by atoms with Gasteiger partial charge in [0.1, 0.15) is 5.69 Å². The Hall–Kier alpha value is -3.99. The Balaban J connectivity index is 1.67. The normalized spacial score (nSPS) is 10.5. The van der Waals surface area contributed by atoms with Crippen molar-refractivity contribution in [3.05, 3.63) is 130 Å². The smallest absolute Gasteiger partial charge is 0.279 e. The first-order valence-corrected chi connectivity index (χ1v) is 9.73. The van der Waals surface area contributed by atoms with E-state index >= 15 is 0 Å². The molecule has 0 N–H and O–H groups in total. The molecule has 0 aliphatic rings. The van der Waals surface area contributed by atoms with Gasteiger partial charge in [-0.15, -0.1) is 0 Å². The van der Waals surface area contributed by atoms with E-state index < -0.39 is 0 Å². The first kappa shape index (κ1) is 19.3. The molecule has 0 spiro atoms. The summed E-state index contributed by atoms with van der Waals surface area (Å²) in [6, 6.07) is 31.7. The van der Waals surface area contributed by atoms with Crippen molar-refractivity contribution >= 4 is 11.6 Å². The van der Waals surface area contributed by atoms with Crippen LogP contribution >= 0.6 is 0 Å². The van der Waals surface area contributed by atoms with E-state index in [1.165, 1.54) is 16.8 Å². The predicted molar refractivity (Wildman–Crippen MR) is 117 cm³/mol. The zero-order valence-corrected chi connectivity index (χ0v) is 16.4. The average Bonchev–Trinajstić information content (AvgIpc) is 2.80. The van der Waals surface area contributed by atoms with Crippen LogP contribution in [-0.2, 0) is 13.1 Å². The van der Waals surface area contributed by atoms with Gasteiger partial charge in [0, 0.05) is 11.8 Å². The van der Waals surface area contributed by atoms with Crippen LogP contribution in [-0.4, -0.2) is 15.7 Å². The Morgan fingerprint density at radius 1 is 0.733 bits per heavy atom. The molecular formula is C25H21N3O2. The molecule has 1 amide bonds. The number of rotatable bonds is 6. The maximum Gasteiger partial charge on any atom is 0.279 e. The molecule has 0 fully saturated rings. The summed E-state index contributed by atoms with van der Waals surface area (Å²) >= 11 is 0. The molecule has 5 heteroatoms. The minimum atomic E-state index is -0.258. The monoisotopic (exact) mass is 395 g/mol. The predicted octanol–water partition coefficient (Wildman–Crippen LogP) is 4.14. The van der Waals surface area contributed by atoms with Gasteiger partial charge in [-0.2, -0.15) is 5.10 Å². The minimum Gasteiger partial charge on any atom is -0.303 e. The summed E-state index contributed by atoms with van der Waals surface area (Å²) in [6.07, 6.45) is 0. The summed E-state index contributed by atoms with van der Waals surface area (Å²) in [5.74, 6) is -0.258. The number of anilines is 1. The fourth-order valence-corrected chi connectivity index (χ4v) is 3.23. The Labute approximate surface area is 174 Å². The summed E-state index contributed by atoms with van der Waals surface area (Å²) in [6.45, 7) is 0.716. The van der Waals surface area contributed by atoms with Gasteiger partial charge in [0.05, 0.1) is 13.1 Å². The zero-order chi connectivity index (χ0) is 20.8. The van der Waals surface area contributed by atoms with Crippen molar-refractivity contribution in [1.82, 2.24) is 9.78 Å². The molecule has 0 bridgehead atoms. The molecule has 0 saturated carbocycles. The molecular weight excluding hydrogens is 374 g/mol. The largest absolute Gasteiger partial charge is 0.303 e. The van der Waals surface area contributed by atoms with E-state index in [0.29, 0.717) is 13.1 Å². The number of benzene rings is 3. The highest BCUT2D eigenvalue weighted by molar-refractivity contribution is 6.04. The molecule has 0 radical (unpaired) electrons. The molecule has 5 nitrogen and oxygen atoms in total. The average molecular weight is 395 g/mol. The van der Waals surface area contributed by atoms with Gasteiger partial charge in [-0.3, -0.25) is 9.59 Å². The van der Waals surface area contributed by atoms with Crippen LogP contribution in [0.5, 0.6) is 0 Å². The number of carbonyl (C=O) groups is 1. The Morgan fingerprint density at radius 3 is 1.93 bits per heavy atom. The molecule has 30 heavy (non-hydrogen) atoms. The van der Waals surface area contributed by atoms with E-state index in [1.54, 1.807) is 4.90 Å². The number of amides is 1. The number of hydrogen-bond acceptors (Lipinski definition) is 3. The van der Waals surface area contributed by atoms with Crippen molar-refractivity contribution in [2.75, 3.05) is 4.90 Å². The van der Waals surface area contributed by atoms with E-state index in [2.05, 4.69) is 5.10 Å². The van der Waals surface area contributed by atoms with Crippen LogP contribution in [0.15, 0.2) is 108 Å². The van der Waals surface area contributed by atoms with Gasteiger partial charge in [-0.1, -0.05) is 78.9 Å². The lowest BCUT2D eigenvalue weighted by atomic mass is 10.2. The number of aromatic nitrogens is 2. The highest BCUT2D eigenvalue weighted by Gasteiger charge is 2.20. The van der Waals surface area contributed by atoms with Crippen LogP contribution in [0.1, 0.15) is 21.6 Å². The third-order valence-electron chi connectivity index (χ3n) is 4.76. The Kier molecular flexibility index (Phi) is 5.80. The third-order valence-corrected chi connectivity index (χ3v) is 4.76. The van der Waals surface area contributed by atoms with Gasteiger partial charge < -0.3 is 4.90 Å². The van der Waals surface area contributed by atoms with Crippen LogP contribution in [0.4, 0.5) is 5.69 Å². The topological polar surface area (TPSA) is 55.2 Å². The summed E-state index contributed by atoms with van der Waals surface area (Å²) < 4.78 is 1.33. The summed E-state index contributed by atoms with van der Waals surface area (Å²) in [4.78, 5) is 27.4. The number of carbonyl (C=O) groups excluding carboxylic acids is 1. The van der Waals surface area contributed by atoms with E-state index in [-0.39, 0.29) is 17.2 Å². The van der Waals surface area contributed by atoms with Gasteiger partial charge in [-0.25, -0.2) is 4.68 Å². The molecule has 4 aromatic rings. The van der Waals surface area contributed by atoms with Gasteiger partial charge >= 0.3 is 0 Å². The van der Waals surface area contributed by atoms with E-state index in [4.69, 9.17) is 0 Å². The first-order chi connectivity index (χ1) is 14.7. The summed E-state index contributed by atoms with van der Waals surface area (Å²) in [5.41, 5.74) is 2.71. The van der Waals surface area contributed by atoms with Crippen LogP contribution in [0.2, 0.25) is 0 Å². The lowest BCUT2D eigenvalue weighted by Gasteiger charge is -2.23. The van der Waals surface area contributed by atoms with Crippen LogP contribution in [0, 0.1) is 0 Å². The molecule has 0 atom stereocenters. The fourth-order valence-electron chi connectivity index (χ4n) is 3.23. The SMILES string of the molecule is O=C(c1ccc(=O)n(Cc2ccccc2)n1)N(Cc1ccccc1)c1ccccc1. The van der Waals surface area contributed by atoms with Gasteiger partial charge in [0.25, 0.3) is 11.5 Å². The second-order valence-electron chi connectivity index (χ2n) is 6.91. The molecule has 0 aliphatic heterocycles. The highest BCUT2D eigenvalue weighted by Crippen LogP contribution is 2.19. The van der Waals surface area contributed by atoms with E-state index in [1.807, 2.05) is 91.0 Å². The molecule has 0 unspecified atom stereocenters. The molecule has 1 heterocycles. The van der Waals surface area contributed by atoms with Gasteiger partial charge in [-0.05, 0) is 29.3 Å². The van der Waals surface area contributed by atoms with Crippen LogP contribution in [0.25, 0.3) is 0 Å². The van der Waals surface area contributed by atoms with Crippen molar-refractivity contribution in [1.29, 1.82) is 0 Å². The lowest BCUT2D eigenvalue weighted by Crippen LogP contribution is -2.33. The van der Waals surface area contributed by atoms with Crippen molar-refractivity contribution in [2.24, 2.45) is 0 Å². The maximum atomic E-state index is 13.4. The second kappa shape index (κ2) is 9.01. The summed E-state index contributed by atoms with van der Waals surface area (Å²) in [7, 11) is 0. The van der Waals surface area contributed by atoms with Crippen molar-refractivity contribution < 1.29 is 4.79 Å². The van der Waals surface area contributed by atoms with Gasteiger partial charge in [0.15, 0.2) is 0 Å². The Morgan fingerprint density at radius 2 is 1.30 bits per heavy atom. The first-order valence-electron chi connectivity index (χ1n) is 9.73. The number of hydrogen-bond donors (Lipinski definition) is 0. The molecule has 0 aliphatic carbocycles. The van der Waals surface area contributed by atoms with Crippen molar-refractivity contribution in [3.63, 3.8) is 0 Å². The minimum absolute atomic E-state index is 0.227. The Bertz CT molecular complexity index is 1170. The number of nitrogens with zero attached hydrogens (tertiary/aromatic N) is 3. The van der Waals surface area contributed by atoms with Gasteiger partial charge in [0.2, 0.25) is 0 Å². The maximum absolute atomic E-state index is 13.4. The quantitative estimate of drug-likeness (QED) is 0.493. The van der Waals surface area contributed by atoms with E-state index in [9.17, 15) is 9.59 Å². The molecule has 148 valence electrons. The van der Waals surface area contributed by atoms with Crippen LogP contribution in [0.3, 0.4) is 0 Å². The standard InChI is InChI=1S/C25H21N3O2/c29-24-17-16-23(26-28(24)19-21-12-6-2-7-13-21)25(30)27(22-14-8-3-9-15-22)18-20-10-4-1-5-11-20/h1-17H,18-19H2. The fraction of sp³-hybridized carbons (Fsp3) is 0.0800. The van der Waals surface area contributed by atoms with Crippen molar-refractivity contribution in [3.8, 4) is 0 Å². The molecule has 3 aromatic carbocycles. The molecule has 0 saturated heterocycles.